The summed E-state index contributed by atoms with van der Waals surface area (Å²) in [6.45, 7) is 3.60. The minimum atomic E-state index is -0.814. The van der Waals surface area contributed by atoms with Gasteiger partial charge in [-0.25, -0.2) is 4.79 Å². The molecule has 0 bridgehead atoms. The van der Waals surface area contributed by atoms with Crippen LogP contribution >= 0.6 is 11.6 Å². The van der Waals surface area contributed by atoms with Crippen molar-refractivity contribution in [2.24, 2.45) is 11.8 Å². The third-order valence-corrected chi connectivity index (χ3v) is 8.77. The Morgan fingerprint density at radius 1 is 1.17 bits per heavy atom. The van der Waals surface area contributed by atoms with Crippen molar-refractivity contribution in [3.63, 3.8) is 0 Å². The number of carbonyl (C=O) groups is 1. The SMILES string of the molecule is COC(=O)C1(Nc2cccc(Cl)c2)CCC2(CC1)c1cc3c(cc1C[C@@H]2C[C@@H](C)CO)OCCCO3. The average molecular weight is 514 g/mol. The molecule has 1 spiro atoms. The number of rotatable bonds is 6. The minimum Gasteiger partial charge on any atom is -0.490 e. The summed E-state index contributed by atoms with van der Waals surface area (Å²) in [6.07, 6.45) is 5.72. The average Bonchev–Trinajstić information content (AvgIpc) is 3.00. The molecule has 2 aliphatic carbocycles. The Bertz CT molecular complexity index is 1110. The van der Waals surface area contributed by atoms with Crippen molar-refractivity contribution in [1.29, 1.82) is 0 Å². The van der Waals surface area contributed by atoms with Gasteiger partial charge in [-0.3, -0.25) is 0 Å². The van der Waals surface area contributed by atoms with Gasteiger partial charge in [-0.05, 0) is 97.2 Å². The lowest BCUT2D eigenvalue weighted by Crippen LogP contribution is -2.53. The zero-order chi connectivity index (χ0) is 25.3. The number of benzene rings is 2. The monoisotopic (exact) mass is 513 g/mol. The summed E-state index contributed by atoms with van der Waals surface area (Å²) in [5.41, 5.74) is 2.55. The quantitative estimate of drug-likeness (QED) is 0.495. The first-order valence-electron chi connectivity index (χ1n) is 13.1. The summed E-state index contributed by atoms with van der Waals surface area (Å²) in [4.78, 5) is 13.2. The minimum absolute atomic E-state index is 0.0863. The molecule has 7 heteroatoms. The van der Waals surface area contributed by atoms with E-state index in [2.05, 4.69) is 24.4 Å². The number of fused-ring (bicyclic) bond motifs is 3. The van der Waals surface area contributed by atoms with E-state index in [1.165, 1.54) is 18.2 Å². The summed E-state index contributed by atoms with van der Waals surface area (Å²) in [7, 11) is 1.46. The fraction of sp³-hybridized carbons (Fsp3) is 0.552. The number of anilines is 1. The largest absolute Gasteiger partial charge is 0.490 e. The van der Waals surface area contributed by atoms with E-state index in [0.29, 0.717) is 37.0 Å². The topological polar surface area (TPSA) is 77.0 Å². The molecule has 0 unspecified atom stereocenters. The fourth-order valence-corrected chi connectivity index (χ4v) is 6.84. The van der Waals surface area contributed by atoms with E-state index in [4.69, 9.17) is 25.8 Å². The number of aliphatic hydroxyl groups is 1. The molecule has 0 amide bonds. The van der Waals surface area contributed by atoms with Crippen LogP contribution in [0.25, 0.3) is 0 Å². The molecule has 2 N–H and O–H groups in total. The highest BCUT2D eigenvalue weighted by Gasteiger charge is 2.54. The van der Waals surface area contributed by atoms with Gasteiger partial charge in [0.1, 0.15) is 5.54 Å². The molecule has 0 aromatic heterocycles. The van der Waals surface area contributed by atoms with Crippen molar-refractivity contribution in [3.8, 4) is 11.5 Å². The van der Waals surface area contributed by atoms with E-state index in [1.54, 1.807) is 0 Å². The number of halogens is 1. The molecule has 0 radical (unpaired) electrons. The molecule has 5 rings (SSSR count). The van der Waals surface area contributed by atoms with Crippen LogP contribution in [0.5, 0.6) is 11.5 Å². The maximum atomic E-state index is 13.2. The predicted molar refractivity (Wildman–Crippen MR) is 140 cm³/mol. The van der Waals surface area contributed by atoms with E-state index in [1.807, 2.05) is 24.3 Å². The van der Waals surface area contributed by atoms with Crippen molar-refractivity contribution in [2.45, 2.75) is 62.8 Å². The molecule has 36 heavy (non-hydrogen) atoms. The van der Waals surface area contributed by atoms with Crippen LogP contribution in [0.3, 0.4) is 0 Å². The molecule has 0 saturated heterocycles. The lowest BCUT2D eigenvalue weighted by atomic mass is 9.59. The van der Waals surface area contributed by atoms with Crippen LogP contribution in [0.4, 0.5) is 5.69 Å². The zero-order valence-corrected chi connectivity index (χ0v) is 21.9. The van der Waals surface area contributed by atoms with Gasteiger partial charge >= 0.3 is 5.97 Å². The van der Waals surface area contributed by atoms with Crippen LogP contribution in [-0.4, -0.2) is 43.5 Å². The maximum absolute atomic E-state index is 13.2. The molecule has 3 aliphatic rings. The van der Waals surface area contributed by atoms with Crippen LogP contribution in [0.15, 0.2) is 36.4 Å². The van der Waals surface area contributed by atoms with E-state index < -0.39 is 5.54 Å². The molecular formula is C29H36ClNO5. The van der Waals surface area contributed by atoms with E-state index in [9.17, 15) is 9.90 Å². The van der Waals surface area contributed by atoms with Gasteiger partial charge in [-0.2, -0.15) is 0 Å². The van der Waals surface area contributed by atoms with Gasteiger partial charge in [0, 0.05) is 23.7 Å². The van der Waals surface area contributed by atoms with Crippen molar-refractivity contribution >= 4 is 23.3 Å². The van der Waals surface area contributed by atoms with Gasteiger partial charge in [-0.15, -0.1) is 0 Å². The molecule has 1 aliphatic heterocycles. The third kappa shape index (κ3) is 4.54. The van der Waals surface area contributed by atoms with Crippen LogP contribution in [-0.2, 0) is 21.4 Å². The number of methoxy groups -OCH3 is 1. The highest BCUT2D eigenvalue weighted by atomic mass is 35.5. The summed E-state index contributed by atoms with van der Waals surface area (Å²) in [5.74, 6) is 2.00. The molecule has 6 nitrogen and oxygen atoms in total. The number of aliphatic hydroxyl groups excluding tert-OH is 1. The van der Waals surface area contributed by atoms with Gasteiger partial charge in [0.05, 0.1) is 20.3 Å². The number of hydrogen-bond acceptors (Lipinski definition) is 6. The predicted octanol–water partition coefficient (Wildman–Crippen LogP) is 5.53. The summed E-state index contributed by atoms with van der Waals surface area (Å²) in [6, 6.07) is 11.9. The van der Waals surface area contributed by atoms with Crippen molar-refractivity contribution in [1.82, 2.24) is 0 Å². The molecule has 2 aromatic carbocycles. The fourth-order valence-electron chi connectivity index (χ4n) is 6.65. The Hall–Kier alpha value is -2.44. The van der Waals surface area contributed by atoms with Crippen LogP contribution < -0.4 is 14.8 Å². The molecule has 2 aromatic rings. The second-order valence-corrected chi connectivity index (χ2v) is 11.2. The molecular weight excluding hydrogens is 478 g/mol. The summed E-state index contributed by atoms with van der Waals surface area (Å²) < 4.78 is 17.4. The van der Waals surface area contributed by atoms with E-state index in [0.717, 1.165) is 49.3 Å². The summed E-state index contributed by atoms with van der Waals surface area (Å²) >= 11 is 6.23. The molecule has 194 valence electrons. The lowest BCUT2D eigenvalue weighted by Gasteiger charge is -2.47. The Kier molecular flexibility index (Phi) is 7.10. The molecule has 1 heterocycles. The highest BCUT2D eigenvalue weighted by Crippen LogP contribution is 2.57. The smallest absolute Gasteiger partial charge is 0.331 e. The van der Waals surface area contributed by atoms with Crippen LogP contribution in [0, 0.1) is 11.8 Å². The van der Waals surface area contributed by atoms with Gasteiger partial charge in [0.2, 0.25) is 0 Å². The third-order valence-electron chi connectivity index (χ3n) is 8.54. The first-order valence-corrected chi connectivity index (χ1v) is 13.4. The maximum Gasteiger partial charge on any atom is 0.331 e. The molecule has 1 fully saturated rings. The second-order valence-electron chi connectivity index (χ2n) is 10.8. The Morgan fingerprint density at radius 2 is 1.89 bits per heavy atom. The van der Waals surface area contributed by atoms with Gasteiger partial charge in [0.15, 0.2) is 11.5 Å². The summed E-state index contributed by atoms with van der Waals surface area (Å²) in [5, 5.41) is 14.0. The van der Waals surface area contributed by atoms with E-state index >= 15 is 0 Å². The first kappa shape index (κ1) is 25.2. The Balaban J connectivity index is 1.49. The normalized spacial score (nSPS) is 27.7. The number of ether oxygens (including phenoxy) is 3. The molecule has 1 saturated carbocycles. The van der Waals surface area contributed by atoms with Crippen molar-refractivity contribution < 1.29 is 24.1 Å². The first-order chi connectivity index (χ1) is 17.4. The van der Waals surface area contributed by atoms with Crippen molar-refractivity contribution in [3.05, 3.63) is 52.5 Å². The van der Waals surface area contributed by atoms with Crippen molar-refractivity contribution in [2.75, 3.05) is 32.2 Å². The lowest BCUT2D eigenvalue weighted by molar-refractivity contribution is -0.148. The zero-order valence-electron chi connectivity index (χ0n) is 21.1. The second kappa shape index (κ2) is 10.1. The Morgan fingerprint density at radius 3 is 2.56 bits per heavy atom. The molecule has 2 atom stereocenters. The van der Waals surface area contributed by atoms with E-state index in [-0.39, 0.29) is 23.9 Å². The Labute approximate surface area is 218 Å². The number of nitrogens with one attached hydrogen (secondary N) is 1. The van der Waals surface area contributed by atoms with Gasteiger partial charge in [-0.1, -0.05) is 24.6 Å². The van der Waals surface area contributed by atoms with Crippen LogP contribution in [0.2, 0.25) is 5.02 Å². The van der Waals surface area contributed by atoms with Gasteiger partial charge < -0.3 is 24.6 Å². The van der Waals surface area contributed by atoms with Crippen LogP contribution in [0.1, 0.15) is 56.6 Å². The number of esters is 1. The van der Waals surface area contributed by atoms with Gasteiger partial charge in [0.25, 0.3) is 0 Å². The highest BCUT2D eigenvalue weighted by molar-refractivity contribution is 6.30. The standard InChI is InChI=1S/C29H36ClNO5/c1-19(18-32)13-21-14-20-15-25-26(36-12-4-11-35-25)17-24(20)28(21)7-9-29(10-8-28,27(33)34-2)31-23-6-3-5-22(30)16-23/h3,5-6,15-17,19,21,31-32H,4,7-14,18H2,1-2H3/t19-,21+,28?,29?/m1/s1. The number of hydrogen-bond donors (Lipinski definition) is 2. The number of carbonyl (C=O) groups excluding carboxylic acids is 1.